The summed E-state index contributed by atoms with van der Waals surface area (Å²) < 4.78 is 69.0. The van der Waals surface area contributed by atoms with Crippen LogP contribution in [-0.2, 0) is 16.4 Å². The summed E-state index contributed by atoms with van der Waals surface area (Å²) in [5.74, 6) is 0. The number of alkyl halides is 3. The van der Waals surface area contributed by atoms with Crippen LogP contribution in [0.5, 0.6) is 0 Å². The van der Waals surface area contributed by atoms with Gasteiger partial charge in [-0.2, -0.15) is 31.0 Å². The van der Waals surface area contributed by atoms with E-state index in [1.165, 1.54) is 21.1 Å². The Balaban J connectivity index is 1.53. The molecule has 10 heteroatoms. The second-order valence-corrected chi connectivity index (χ2v) is 9.04. The van der Waals surface area contributed by atoms with E-state index in [4.69, 9.17) is 0 Å². The first kappa shape index (κ1) is 21.4. The van der Waals surface area contributed by atoms with Crippen molar-refractivity contribution in [2.45, 2.75) is 25.4 Å². The Labute approximate surface area is 178 Å². The summed E-state index contributed by atoms with van der Waals surface area (Å²) >= 11 is 0. The summed E-state index contributed by atoms with van der Waals surface area (Å²) in [6, 6.07) is 11.6. The number of rotatable bonds is 5. The van der Waals surface area contributed by atoms with Crippen LogP contribution in [0.3, 0.4) is 0 Å². The molecular formula is C21H21F3N4O2S. The molecule has 1 N–H and O–H groups in total. The third-order valence-electron chi connectivity index (χ3n) is 5.14. The minimum atomic E-state index is -4.39. The normalized spacial score (nSPS) is 15.7. The first-order valence-electron chi connectivity index (χ1n) is 9.83. The van der Waals surface area contributed by atoms with Gasteiger partial charge in [0.05, 0.1) is 23.1 Å². The van der Waals surface area contributed by atoms with E-state index in [1.807, 2.05) is 6.07 Å². The number of aromatic nitrogens is 2. The summed E-state index contributed by atoms with van der Waals surface area (Å²) in [6.07, 6.45) is 1.60. The predicted molar refractivity (Wildman–Crippen MR) is 112 cm³/mol. The molecule has 2 heterocycles. The average Bonchev–Trinajstić information content (AvgIpc) is 3.24. The summed E-state index contributed by atoms with van der Waals surface area (Å²) in [4.78, 5) is 0. The molecule has 31 heavy (non-hydrogen) atoms. The van der Waals surface area contributed by atoms with E-state index < -0.39 is 21.9 Å². The van der Waals surface area contributed by atoms with Gasteiger partial charge in [0, 0.05) is 24.8 Å². The molecule has 1 aromatic heterocycles. The van der Waals surface area contributed by atoms with Gasteiger partial charge in [0.2, 0.25) is 0 Å². The third-order valence-corrected chi connectivity index (χ3v) is 6.68. The molecule has 4 rings (SSSR count). The topological polar surface area (TPSA) is 67.2 Å². The lowest BCUT2D eigenvalue weighted by Gasteiger charge is -2.26. The summed E-state index contributed by atoms with van der Waals surface area (Å²) in [5, 5.41) is 4.22. The largest absolute Gasteiger partial charge is 0.416 e. The van der Waals surface area contributed by atoms with E-state index in [0.717, 1.165) is 37.0 Å². The van der Waals surface area contributed by atoms with Crippen LogP contribution in [0, 0.1) is 0 Å². The van der Waals surface area contributed by atoms with Gasteiger partial charge < -0.3 is 0 Å². The van der Waals surface area contributed by atoms with Crippen molar-refractivity contribution in [2.75, 3.05) is 17.8 Å². The predicted octanol–water partition coefficient (Wildman–Crippen LogP) is 4.70. The van der Waals surface area contributed by atoms with Gasteiger partial charge in [-0.25, -0.2) is 4.68 Å². The minimum absolute atomic E-state index is 0.436. The second-order valence-electron chi connectivity index (χ2n) is 7.37. The standard InChI is InChI=1S/C21H21F3N4O2S/c22-21(23,24)18-7-9-20(10-8-18)28-15-17(14-25-28)16-5-4-6-19(13-16)26-31(29,30)27-11-2-1-3-12-27/h4-10,13-15,26H,1-3,11-12H2. The van der Waals surface area contributed by atoms with E-state index in [2.05, 4.69) is 9.82 Å². The van der Waals surface area contributed by atoms with Gasteiger partial charge in [-0.1, -0.05) is 18.6 Å². The molecule has 1 aliphatic rings. The van der Waals surface area contributed by atoms with Crippen LogP contribution >= 0.6 is 0 Å². The molecule has 6 nitrogen and oxygen atoms in total. The molecule has 0 amide bonds. The van der Waals surface area contributed by atoms with E-state index in [1.54, 1.807) is 30.6 Å². The zero-order valence-corrected chi connectivity index (χ0v) is 17.3. The third kappa shape index (κ3) is 4.91. The maximum atomic E-state index is 12.7. The molecule has 0 spiro atoms. The fourth-order valence-electron chi connectivity index (χ4n) is 3.50. The number of hydrogen-bond donors (Lipinski definition) is 1. The first-order chi connectivity index (χ1) is 14.7. The van der Waals surface area contributed by atoms with E-state index >= 15 is 0 Å². The van der Waals surface area contributed by atoms with Crippen LogP contribution < -0.4 is 4.72 Å². The Morgan fingerprint density at radius 1 is 0.935 bits per heavy atom. The van der Waals surface area contributed by atoms with E-state index in [9.17, 15) is 21.6 Å². The maximum absolute atomic E-state index is 12.7. The van der Waals surface area contributed by atoms with Gasteiger partial charge in [0.1, 0.15) is 0 Å². The SMILES string of the molecule is O=S(=O)(Nc1cccc(-c2cnn(-c3ccc(C(F)(F)F)cc3)c2)c1)N1CCCCC1. The molecule has 1 aliphatic heterocycles. The molecule has 0 saturated carbocycles. The number of benzene rings is 2. The zero-order chi connectivity index (χ0) is 22.1. The molecule has 3 aromatic rings. The van der Waals surface area contributed by atoms with Crippen molar-refractivity contribution >= 4 is 15.9 Å². The van der Waals surface area contributed by atoms with E-state index in [-0.39, 0.29) is 0 Å². The zero-order valence-electron chi connectivity index (χ0n) is 16.5. The minimum Gasteiger partial charge on any atom is -0.271 e. The molecular weight excluding hydrogens is 429 g/mol. The number of hydrogen-bond acceptors (Lipinski definition) is 3. The van der Waals surface area contributed by atoms with Crippen molar-refractivity contribution < 1.29 is 21.6 Å². The Morgan fingerprint density at radius 2 is 1.65 bits per heavy atom. The first-order valence-corrected chi connectivity index (χ1v) is 11.3. The lowest BCUT2D eigenvalue weighted by atomic mass is 10.1. The van der Waals surface area contributed by atoms with Crippen molar-refractivity contribution in [1.82, 2.24) is 14.1 Å². The highest BCUT2D eigenvalue weighted by Gasteiger charge is 2.30. The van der Waals surface area contributed by atoms with Crippen LogP contribution in [-0.4, -0.2) is 35.6 Å². The van der Waals surface area contributed by atoms with E-state index in [0.29, 0.717) is 30.0 Å². The molecule has 0 aliphatic carbocycles. The monoisotopic (exact) mass is 450 g/mol. The summed E-state index contributed by atoms with van der Waals surface area (Å²) in [7, 11) is -3.62. The van der Waals surface area contributed by atoms with Crippen molar-refractivity contribution in [3.63, 3.8) is 0 Å². The van der Waals surface area contributed by atoms with Crippen molar-refractivity contribution in [2.24, 2.45) is 0 Å². The highest BCUT2D eigenvalue weighted by atomic mass is 32.2. The number of piperidine rings is 1. The Hall–Kier alpha value is -2.85. The van der Waals surface area contributed by atoms with Gasteiger partial charge >= 0.3 is 16.4 Å². The van der Waals surface area contributed by atoms with Crippen LogP contribution in [0.4, 0.5) is 18.9 Å². The Morgan fingerprint density at radius 3 is 2.32 bits per heavy atom. The molecule has 164 valence electrons. The molecule has 0 radical (unpaired) electrons. The Kier molecular flexibility index (Phi) is 5.76. The Bertz CT molecular complexity index is 1150. The fraction of sp³-hybridized carbons (Fsp3) is 0.286. The summed E-state index contributed by atoms with van der Waals surface area (Å²) in [6.45, 7) is 1.02. The second kappa shape index (κ2) is 8.35. The van der Waals surface area contributed by atoms with Gasteiger partial charge in [-0.15, -0.1) is 0 Å². The average molecular weight is 450 g/mol. The number of halogens is 3. The van der Waals surface area contributed by atoms with Gasteiger partial charge in [-0.3, -0.25) is 4.72 Å². The molecule has 1 saturated heterocycles. The number of anilines is 1. The van der Waals surface area contributed by atoms with Crippen molar-refractivity contribution in [3.05, 3.63) is 66.5 Å². The van der Waals surface area contributed by atoms with Crippen LogP contribution in [0.25, 0.3) is 16.8 Å². The molecule has 1 fully saturated rings. The van der Waals surface area contributed by atoms with Crippen molar-refractivity contribution in [1.29, 1.82) is 0 Å². The molecule has 0 bridgehead atoms. The quantitative estimate of drug-likeness (QED) is 0.613. The summed E-state index contributed by atoms with van der Waals surface area (Å²) in [5.41, 5.74) is 1.64. The van der Waals surface area contributed by atoms with Crippen LogP contribution in [0.2, 0.25) is 0 Å². The van der Waals surface area contributed by atoms with Crippen LogP contribution in [0.1, 0.15) is 24.8 Å². The molecule has 0 atom stereocenters. The van der Waals surface area contributed by atoms with Gasteiger partial charge in [-0.05, 0) is 54.8 Å². The maximum Gasteiger partial charge on any atom is 0.416 e. The molecule has 0 unspecified atom stereocenters. The number of nitrogens with zero attached hydrogens (tertiary/aromatic N) is 3. The highest BCUT2D eigenvalue weighted by Crippen LogP contribution is 2.30. The van der Waals surface area contributed by atoms with Gasteiger partial charge in [0.15, 0.2) is 0 Å². The highest BCUT2D eigenvalue weighted by molar-refractivity contribution is 7.90. The smallest absolute Gasteiger partial charge is 0.271 e. The van der Waals surface area contributed by atoms with Crippen molar-refractivity contribution in [3.8, 4) is 16.8 Å². The van der Waals surface area contributed by atoms with Gasteiger partial charge in [0.25, 0.3) is 0 Å². The number of nitrogens with one attached hydrogen (secondary N) is 1. The van der Waals surface area contributed by atoms with Crippen LogP contribution in [0.15, 0.2) is 60.9 Å². The lowest BCUT2D eigenvalue weighted by molar-refractivity contribution is -0.137. The fourth-order valence-corrected chi connectivity index (χ4v) is 4.79. The lowest BCUT2D eigenvalue weighted by Crippen LogP contribution is -2.39. The molecule has 2 aromatic carbocycles.